The zero-order chi connectivity index (χ0) is 14.5. The summed E-state index contributed by atoms with van der Waals surface area (Å²) in [6.07, 6.45) is 2.29. The Balaban J connectivity index is 1.71. The molecule has 21 heavy (non-hydrogen) atoms. The minimum absolute atomic E-state index is 0.379. The van der Waals surface area contributed by atoms with Crippen LogP contribution < -0.4 is 5.32 Å². The van der Waals surface area contributed by atoms with E-state index in [1.807, 2.05) is 18.2 Å². The lowest BCUT2D eigenvalue weighted by molar-refractivity contribution is 0.487. The molecule has 0 radical (unpaired) electrons. The average Bonchev–Trinajstić information content (AvgIpc) is 2.95. The molecule has 1 heterocycles. The number of hydrogen-bond acceptors (Lipinski definition) is 2. The molecular formula is C18H21N3. The predicted molar refractivity (Wildman–Crippen MR) is 87.0 cm³/mol. The van der Waals surface area contributed by atoms with E-state index in [0.717, 1.165) is 36.2 Å². The van der Waals surface area contributed by atoms with Crippen molar-refractivity contribution in [3.8, 4) is 0 Å². The number of imidazole rings is 1. The van der Waals surface area contributed by atoms with Crippen LogP contribution in [0, 0.1) is 0 Å². The lowest BCUT2D eigenvalue weighted by atomic mass is 10.0. The van der Waals surface area contributed by atoms with Gasteiger partial charge in [-0.3, -0.25) is 0 Å². The van der Waals surface area contributed by atoms with Crippen molar-refractivity contribution in [1.82, 2.24) is 15.3 Å². The van der Waals surface area contributed by atoms with E-state index in [4.69, 9.17) is 0 Å². The maximum atomic E-state index is 4.62. The Morgan fingerprint density at radius 2 is 1.81 bits per heavy atom. The zero-order valence-electron chi connectivity index (χ0n) is 12.3. The van der Waals surface area contributed by atoms with E-state index in [-0.39, 0.29) is 0 Å². The topological polar surface area (TPSA) is 40.7 Å². The molecule has 108 valence electrons. The van der Waals surface area contributed by atoms with Crippen LogP contribution in [0.15, 0.2) is 54.6 Å². The van der Waals surface area contributed by atoms with E-state index in [0.29, 0.717) is 6.04 Å². The molecule has 0 saturated heterocycles. The van der Waals surface area contributed by atoms with Crippen molar-refractivity contribution in [2.75, 3.05) is 0 Å². The molecule has 1 aromatic heterocycles. The quantitative estimate of drug-likeness (QED) is 0.710. The van der Waals surface area contributed by atoms with Gasteiger partial charge in [-0.25, -0.2) is 4.98 Å². The van der Waals surface area contributed by atoms with Crippen molar-refractivity contribution in [2.24, 2.45) is 0 Å². The molecule has 2 aromatic carbocycles. The molecule has 0 aliphatic carbocycles. The molecular weight excluding hydrogens is 258 g/mol. The second-order valence-electron chi connectivity index (χ2n) is 5.33. The first-order chi connectivity index (χ1) is 10.4. The molecule has 3 heteroatoms. The first-order valence-corrected chi connectivity index (χ1v) is 7.59. The summed E-state index contributed by atoms with van der Waals surface area (Å²) in [7, 11) is 0. The molecule has 3 aromatic rings. The second-order valence-corrected chi connectivity index (χ2v) is 5.33. The normalized spacial score (nSPS) is 12.6. The first kappa shape index (κ1) is 13.8. The highest BCUT2D eigenvalue weighted by atomic mass is 15.0. The van der Waals surface area contributed by atoms with Gasteiger partial charge < -0.3 is 10.3 Å². The Bertz CT molecular complexity index is 655. The summed E-state index contributed by atoms with van der Waals surface area (Å²) < 4.78 is 0. The fraction of sp³-hybridized carbons (Fsp3) is 0.278. The standard InChI is InChI=1S/C18H21N3/c1-2-8-15(14-9-4-3-5-10-14)19-13-18-20-16-11-6-7-12-17(16)21-18/h3-7,9-12,15,19H,2,8,13H2,1H3,(H,20,21). The summed E-state index contributed by atoms with van der Waals surface area (Å²) >= 11 is 0. The van der Waals surface area contributed by atoms with E-state index in [1.54, 1.807) is 0 Å². The highest BCUT2D eigenvalue weighted by Gasteiger charge is 2.10. The lowest BCUT2D eigenvalue weighted by Gasteiger charge is -2.17. The number of hydrogen-bond donors (Lipinski definition) is 2. The molecule has 0 aliphatic heterocycles. The molecule has 3 rings (SSSR count). The second kappa shape index (κ2) is 6.55. The lowest BCUT2D eigenvalue weighted by Crippen LogP contribution is -2.21. The first-order valence-electron chi connectivity index (χ1n) is 7.59. The van der Waals surface area contributed by atoms with Crippen LogP contribution in [-0.4, -0.2) is 9.97 Å². The van der Waals surface area contributed by atoms with Crippen LogP contribution in [0.5, 0.6) is 0 Å². The molecule has 1 unspecified atom stereocenters. The van der Waals surface area contributed by atoms with Crippen LogP contribution in [0.3, 0.4) is 0 Å². The largest absolute Gasteiger partial charge is 0.341 e. The fourth-order valence-electron chi connectivity index (χ4n) is 2.67. The van der Waals surface area contributed by atoms with E-state index in [9.17, 15) is 0 Å². The molecule has 0 bridgehead atoms. The summed E-state index contributed by atoms with van der Waals surface area (Å²) in [4.78, 5) is 7.99. The third-order valence-electron chi connectivity index (χ3n) is 3.73. The number of aromatic amines is 1. The maximum Gasteiger partial charge on any atom is 0.121 e. The molecule has 1 atom stereocenters. The van der Waals surface area contributed by atoms with Gasteiger partial charge in [-0.15, -0.1) is 0 Å². The van der Waals surface area contributed by atoms with Crippen molar-refractivity contribution < 1.29 is 0 Å². The molecule has 0 aliphatic rings. The number of para-hydroxylation sites is 2. The Hall–Kier alpha value is -2.13. The summed E-state index contributed by atoms with van der Waals surface area (Å²) in [6, 6.07) is 19.2. The molecule has 0 saturated carbocycles. The SMILES string of the molecule is CCCC(NCc1nc2ccccc2[nH]1)c1ccccc1. The van der Waals surface area contributed by atoms with E-state index < -0.39 is 0 Å². The third kappa shape index (κ3) is 3.31. The summed E-state index contributed by atoms with van der Waals surface area (Å²) in [5.41, 5.74) is 3.47. The Morgan fingerprint density at radius 3 is 2.57 bits per heavy atom. The molecule has 0 amide bonds. The van der Waals surface area contributed by atoms with Crippen molar-refractivity contribution in [3.05, 3.63) is 66.0 Å². The monoisotopic (exact) mass is 279 g/mol. The average molecular weight is 279 g/mol. The van der Waals surface area contributed by atoms with Crippen LogP contribution >= 0.6 is 0 Å². The minimum atomic E-state index is 0.379. The van der Waals surface area contributed by atoms with Crippen molar-refractivity contribution in [3.63, 3.8) is 0 Å². The van der Waals surface area contributed by atoms with E-state index >= 15 is 0 Å². The van der Waals surface area contributed by atoms with Gasteiger partial charge in [-0.05, 0) is 24.1 Å². The number of nitrogens with zero attached hydrogens (tertiary/aromatic N) is 1. The van der Waals surface area contributed by atoms with E-state index in [1.165, 1.54) is 5.56 Å². The van der Waals surface area contributed by atoms with Gasteiger partial charge in [-0.2, -0.15) is 0 Å². The van der Waals surface area contributed by atoms with Gasteiger partial charge in [0.25, 0.3) is 0 Å². The predicted octanol–water partition coefficient (Wildman–Crippen LogP) is 4.19. The van der Waals surface area contributed by atoms with Crippen LogP contribution in [-0.2, 0) is 6.54 Å². The molecule has 3 nitrogen and oxygen atoms in total. The Kier molecular flexibility index (Phi) is 4.31. The highest BCUT2D eigenvalue weighted by Crippen LogP contribution is 2.19. The van der Waals surface area contributed by atoms with Crippen molar-refractivity contribution in [1.29, 1.82) is 0 Å². The fourth-order valence-corrected chi connectivity index (χ4v) is 2.67. The van der Waals surface area contributed by atoms with Crippen molar-refractivity contribution >= 4 is 11.0 Å². The number of rotatable bonds is 6. The minimum Gasteiger partial charge on any atom is -0.341 e. The number of fused-ring (bicyclic) bond motifs is 1. The summed E-state index contributed by atoms with van der Waals surface area (Å²) in [6.45, 7) is 2.98. The van der Waals surface area contributed by atoms with Crippen LogP contribution in [0.1, 0.15) is 37.2 Å². The van der Waals surface area contributed by atoms with Gasteiger partial charge in [0.15, 0.2) is 0 Å². The molecule has 0 spiro atoms. The molecule has 0 fully saturated rings. The van der Waals surface area contributed by atoms with Gasteiger partial charge in [0.05, 0.1) is 17.6 Å². The number of aromatic nitrogens is 2. The van der Waals surface area contributed by atoms with Gasteiger partial charge in [0, 0.05) is 6.04 Å². The third-order valence-corrected chi connectivity index (χ3v) is 3.73. The zero-order valence-corrected chi connectivity index (χ0v) is 12.3. The van der Waals surface area contributed by atoms with Gasteiger partial charge >= 0.3 is 0 Å². The van der Waals surface area contributed by atoms with Crippen LogP contribution in [0.4, 0.5) is 0 Å². The summed E-state index contributed by atoms with van der Waals surface area (Å²) in [5.74, 6) is 0.994. The van der Waals surface area contributed by atoms with Gasteiger partial charge in [0.2, 0.25) is 0 Å². The van der Waals surface area contributed by atoms with Crippen LogP contribution in [0.2, 0.25) is 0 Å². The van der Waals surface area contributed by atoms with Gasteiger partial charge in [0.1, 0.15) is 5.82 Å². The number of benzene rings is 2. The highest BCUT2D eigenvalue weighted by molar-refractivity contribution is 5.74. The maximum absolute atomic E-state index is 4.62. The number of H-pyrrole nitrogens is 1. The van der Waals surface area contributed by atoms with Crippen molar-refractivity contribution in [2.45, 2.75) is 32.4 Å². The smallest absolute Gasteiger partial charge is 0.121 e. The number of nitrogens with one attached hydrogen (secondary N) is 2. The van der Waals surface area contributed by atoms with Crippen LogP contribution in [0.25, 0.3) is 11.0 Å². The summed E-state index contributed by atoms with van der Waals surface area (Å²) in [5, 5.41) is 3.62. The molecule has 2 N–H and O–H groups in total. The Labute approximate surface area is 125 Å². The van der Waals surface area contributed by atoms with E-state index in [2.05, 4.69) is 58.6 Å². The van der Waals surface area contributed by atoms with Gasteiger partial charge in [-0.1, -0.05) is 55.8 Å². The Morgan fingerprint density at radius 1 is 1.05 bits per heavy atom.